The number of nitrogens with one attached hydrogen (secondary N) is 2. The Morgan fingerprint density at radius 1 is 1.09 bits per heavy atom. The predicted octanol–water partition coefficient (Wildman–Crippen LogP) is 3.36. The number of amides is 2. The molecule has 0 aliphatic heterocycles. The number of hydrogen-bond donors (Lipinski definition) is 2. The van der Waals surface area contributed by atoms with Gasteiger partial charge in [0.05, 0.1) is 6.61 Å². The van der Waals surface area contributed by atoms with Gasteiger partial charge in [-0.25, -0.2) is 0 Å². The molecule has 1 atom stereocenters. The van der Waals surface area contributed by atoms with Crippen molar-refractivity contribution in [3.63, 3.8) is 0 Å². The van der Waals surface area contributed by atoms with E-state index in [2.05, 4.69) is 24.5 Å². The van der Waals surface area contributed by atoms with Crippen molar-refractivity contribution >= 4 is 17.5 Å². The fourth-order valence-electron chi connectivity index (χ4n) is 2.25. The average Bonchev–Trinajstić information content (AvgIpc) is 2.56. The predicted molar refractivity (Wildman–Crippen MR) is 92.6 cm³/mol. The largest absolute Gasteiger partial charge is 0.494 e. The van der Waals surface area contributed by atoms with Crippen molar-refractivity contribution in [2.45, 2.75) is 46.5 Å². The van der Waals surface area contributed by atoms with Gasteiger partial charge in [0.15, 0.2) is 0 Å². The summed E-state index contributed by atoms with van der Waals surface area (Å²) in [4.78, 5) is 23.7. The number of carbonyl (C=O) groups is 2. The molecule has 0 aromatic heterocycles. The summed E-state index contributed by atoms with van der Waals surface area (Å²) in [6, 6.07) is 6.95. The lowest BCUT2D eigenvalue weighted by molar-refractivity contribution is -0.136. The summed E-state index contributed by atoms with van der Waals surface area (Å²) in [7, 11) is 0. The number of rotatable bonds is 9. The van der Waals surface area contributed by atoms with Crippen molar-refractivity contribution in [2.24, 2.45) is 5.92 Å². The molecule has 0 aliphatic rings. The lowest BCUT2D eigenvalue weighted by Gasteiger charge is -2.15. The minimum absolute atomic E-state index is 0.428. The van der Waals surface area contributed by atoms with Crippen LogP contribution in [-0.2, 0) is 9.59 Å². The maximum Gasteiger partial charge on any atom is 0.313 e. The molecule has 128 valence electrons. The molecule has 2 N–H and O–H groups in total. The average molecular weight is 320 g/mol. The number of unbranched alkanes of at least 4 members (excludes halogenated alkanes) is 1. The highest BCUT2D eigenvalue weighted by Crippen LogP contribution is 2.15. The van der Waals surface area contributed by atoms with Crippen LogP contribution in [0.3, 0.4) is 0 Å². The molecule has 0 unspecified atom stereocenters. The lowest BCUT2D eigenvalue weighted by atomic mass is 9.99. The summed E-state index contributed by atoms with van der Waals surface area (Å²) < 4.78 is 5.33. The molecule has 0 saturated carbocycles. The van der Waals surface area contributed by atoms with Gasteiger partial charge in [-0.1, -0.05) is 33.1 Å². The van der Waals surface area contributed by atoms with Gasteiger partial charge < -0.3 is 15.4 Å². The van der Waals surface area contributed by atoms with Gasteiger partial charge in [-0.2, -0.15) is 0 Å². The monoisotopic (exact) mass is 320 g/mol. The number of ether oxygens (including phenoxy) is 1. The Hall–Kier alpha value is -2.04. The van der Waals surface area contributed by atoms with Crippen molar-refractivity contribution in [1.29, 1.82) is 0 Å². The molecule has 0 spiro atoms. The van der Waals surface area contributed by atoms with E-state index >= 15 is 0 Å². The highest BCUT2D eigenvalue weighted by molar-refractivity contribution is 6.39. The Morgan fingerprint density at radius 2 is 1.78 bits per heavy atom. The molecule has 1 aromatic carbocycles. The first kappa shape index (κ1) is 19.0. The third-order valence-electron chi connectivity index (χ3n) is 3.72. The van der Waals surface area contributed by atoms with E-state index in [9.17, 15) is 9.59 Å². The van der Waals surface area contributed by atoms with Crippen LogP contribution in [0.4, 0.5) is 5.69 Å². The maximum atomic E-state index is 11.9. The van der Waals surface area contributed by atoms with Crippen molar-refractivity contribution < 1.29 is 14.3 Å². The molecule has 5 nitrogen and oxygen atoms in total. The van der Waals surface area contributed by atoms with Crippen LogP contribution in [0.5, 0.6) is 5.75 Å². The molecule has 1 rings (SSSR count). The molecular weight excluding hydrogens is 292 g/mol. The molecule has 0 aliphatic carbocycles. The van der Waals surface area contributed by atoms with Crippen molar-refractivity contribution in [2.75, 3.05) is 18.5 Å². The van der Waals surface area contributed by atoms with E-state index in [1.54, 1.807) is 24.3 Å². The van der Waals surface area contributed by atoms with E-state index in [1.165, 1.54) is 0 Å². The topological polar surface area (TPSA) is 67.4 Å². The van der Waals surface area contributed by atoms with Gasteiger partial charge >= 0.3 is 11.8 Å². The van der Waals surface area contributed by atoms with Gasteiger partial charge in [-0.3, -0.25) is 9.59 Å². The SMILES string of the molecule is CCCC[C@H](CC)CNC(=O)C(=O)Nc1ccc(OCC)cc1. The van der Waals surface area contributed by atoms with E-state index in [1.807, 2.05) is 6.92 Å². The van der Waals surface area contributed by atoms with Crippen molar-refractivity contribution in [1.82, 2.24) is 5.32 Å². The van der Waals surface area contributed by atoms with Crippen molar-refractivity contribution in [3.8, 4) is 5.75 Å². The minimum Gasteiger partial charge on any atom is -0.494 e. The standard InChI is InChI=1S/C18H28N2O3/c1-4-7-8-14(5-2)13-19-17(21)18(22)20-15-9-11-16(12-10-15)23-6-3/h9-12,14H,4-8,13H2,1-3H3,(H,19,21)(H,20,22)/t14-/m0/s1. The van der Waals surface area contributed by atoms with E-state index in [0.29, 0.717) is 24.8 Å². The molecule has 0 radical (unpaired) electrons. The first-order valence-electron chi connectivity index (χ1n) is 8.42. The third-order valence-corrected chi connectivity index (χ3v) is 3.72. The van der Waals surface area contributed by atoms with Gasteiger partial charge in [-0.15, -0.1) is 0 Å². The normalized spacial score (nSPS) is 11.6. The molecule has 0 bridgehead atoms. The summed E-state index contributed by atoms with van der Waals surface area (Å²) in [6.07, 6.45) is 4.37. The number of benzene rings is 1. The maximum absolute atomic E-state index is 11.9. The first-order valence-corrected chi connectivity index (χ1v) is 8.42. The van der Waals surface area contributed by atoms with E-state index in [4.69, 9.17) is 4.74 Å². The molecule has 5 heteroatoms. The number of carbonyl (C=O) groups excluding carboxylic acids is 2. The van der Waals surface area contributed by atoms with E-state index in [-0.39, 0.29) is 0 Å². The summed E-state index contributed by atoms with van der Waals surface area (Å²) >= 11 is 0. The molecular formula is C18H28N2O3. The Kier molecular flexibility index (Phi) is 8.80. The van der Waals surface area contributed by atoms with E-state index < -0.39 is 11.8 Å². The van der Waals surface area contributed by atoms with Crippen LogP contribution >= 0.6 is 0 Å². The van der Waals surface area contributed by atoms with Crippen LogP contribution in [0, 0.1) is 5.92 Å². The number of hydrogen-bond acceptors (Lipinski definition) is 3. The van der Waals surface area contributed by atoms with Crippen LogP contribution in [0.1, 0.15) is 46.5 Å². The molecule has 2 amide bonds. The van der Waals surface area contributed by atoms with Gasteiger partial charge in [0, 0.05) is 12.2 Å². The second kappa shape index (κ2) is 10.6. The zero-order valence-electron chi connectivity index (χ0n) is 14.4. The van der Waals surface area contributed by atoms with E-state index in [0.717, 1.165) is 31.4 Å². The van der Waals surface area contributed by atoms with Gasteiger partial charge in [0.25, 0.3) is 0 Å². The summed E-state index contributed by atoms with van der Waals surface area (Å²) in [5.74, 6) is -0.0674. The van der Waals surface area contributed by atoms with Gasteiger partial charge in [-0.05, 0) is 43.5 Å². The second-order valence-electron chi connectivity index (χ2n) is 5.54. The van der Waals surface area contributed by atoms with Crippen LogP contribution in [0.25, 0.3) is 0 Å². The Morgan fingerprint density at radius 3 is 2.35 bits per heavy atom. The van der Waals surface area contributed by atoms with Gasteiger partial charge in [0.2, 0.25) is 0 Å². The molecule has 23 heavy (non-hydrogen) atoms. The first-order chi connectivity index (χ1) is 11.1. The van der Waals surface area contributed by atoms with Crippen molar-refractivity contribution in [3.05, 3.63) is 24.3 Å². The second-order valence-corrected chi connectivity index (χ2v) is 5.54. The lowest BCUT2D eigenvalue weighted by Crippen LogP contribution is -2.38. The Balaban J connectivity index is 2.42. The molecule has 0 heterocycles. The summed E-state index contributed by atoms with van der Waals surface area (Å²) in [5.41, 5.74) is 0.576. The number of anilines is 1. The highest BCUT2D eigenvalue weighted by atomic mass is 16.5. The zero-order valence-corrected chi connectivity index (χ0v) is 14.4. The fourth-order valence-corrected chi connectivity index (χ4v) is 2.25. The third kappa shape index (κ3) is 7.17. The van der Waals surface area contributed by atoms with Crippen LogP contribution in [0.15, 0.2) is 24.3 Å². The quantitative estimate of drug-likeness (QED) is 0.686. The Bertz CT molecular complexity index is 486. The van der Waals surface area contributed by atoms with Gasteiger partial charge in [0.1, 0.15) is 5.75 Å². The van der Waals surface area contributed by atoms with Crippen LogP contribution in [-0.4, -0.2) is 25.0 Å². The summed E-state index contributed by atoms with van der Waals surface area (Å²) in [6.45, 7) is 7.29. The molecule has 0 saturated heterocycles. The smallest absolute Gasteiger partial charge is 0.313 e. The zero-order chi connectivity index (χ0) is 17.1. The minimum atomic E-state index is -0.639. The molecule has 1 aromatic rings. The van der Waals surface area contributed by atoms with Crippen LogP contribution < -0.4 is 15.4 Å². The fraction of sp³-hybridized carbons (Fsp3) is 0.556. The highest BCUT2D eigenvalue weighted by Gasteiger charge is 2.15. The summed E-state index contributed by atoms with van der Waals surface area (Å²) in [5, 5.41) is 5.31. The van der Waals surface area contributed by atoms with Crippen LogP contribution in [0.2, 0.25) is 0 Å². The Labute approximate surface area is 138 Å². The molecule has 0 fully saturated rings.